The number of rotatable bonds is 18. The molecule has 0 atom stereocenters. The van der Waals surface area contributed by atoms with E-state index in [1.165, 1.54) is 143 Å². The van der Waals surface area contributed by atoms with Crippen LogP contribution >= 0.6 is 0 Å². The summed E-state index contributed by atoms with van der Waals surface area (Å²) in [5.74, 6) is 0. The molecule has 0 spiro atoms. The summed E-state index contributed by atoms with van der Waals surface area (Å²) in [5.41, 5.74) is 32.1. The summed E-state index contributed by atoms with van der Waals surface area (Å²) in [4.78, 5) is 7.03. The lowest BCUT2D eigenvalue weighted by atomic mass is 9.93. The Bertz CT molecular complexity index is 7340. The van der Waals surface area contributed by atoms with Gasteiger partial charge in [-0.1, -0.05) is 406 Å². The molecule has 0 bridgehead atoms. The molecule has 0 aliphatic rings. The Hall–Kier alpha value is -16.7. The number of anilines is 9. The number of hydrogen-bond donors (Lipinski definition) is 0. The highest BCUT2D eigenvalue weighted by Gasteiger charge is 2.22. The molecule has 22 aromatic rings. The summed E-state index contributed by atoms with van der Waals surface area (Å²) in [6, 6.07) is 193. The van der Waals surface area contributed by atoms with E-state index in [1.807, 2.05) is 0 Å². The Morgan fingerprint density at radius 3 is 0.646 bits per heavy atom. The monoisotopic (exact) mass is 1620 g/mol. The van der Waals surface area contributed by atoms with Crippen LogP contribution in [0.3, 0.4) is 0 Å². The molecule has 0 radical (unpaired) electrons. The molecule has 3 nitrogen and oxygen atoms in total. The summed E-state index contributed by atoms with van der Waals surface area (Å²) in [6.07, 6.45) is 0. The average Bonchev–Trinajstić information content (AvgIpc) is 0.754. The molecule has 22 rings (SSSR count). The largest absolute Gasteiger partial charge is 0.311 e. The molecule has 0 heterocycles. The van der Waals surface area contributed by atoms with Crippen molar-refractivity contribution in [3.05, 3.63) is 540 Å². The predicted octanol–water partition coefficient (Wildman–Crippen LogP) is 35.1. The molecule has 0 aliphatic carbocycles. The van der Waals surface area contributed by atoms with E-state index >= 15 is 0 Å². The topological polar surface area (TPSA) is 9.72 Å². The highest BCUT2D eigenvalue weighted by molar-refractivity contribution is 6.05. The van der Waals surface area contributed by atoms with E-state index in [9.17, 15) is 0 Å². The van der Waals surface area contributed by atoms with Crippen LogP contribution in [-0.4, -0.2) is 0 Å². The van der Waals surface area contributed by atoms with Crippen LogP contribution in [-0.2, 0) is 0 Å². The summed E-state index contributed by atoms with van der Waals surface area (Å²) in [6.45, 7) is 0. The van der Waals surface area contributed by atoms with Gasteiger partial charge >= 0.3 is 0 Å². The fraction of sp³-hybridized carbons (Fsp3) is 0. The molecule has 3 heteroatoms. The van der Waals surface area contributed by atoms with Gasteiger partial charge in [0.2, 0.25) is 0 Å². The van der Waals surface area contributed by atoms with Crippen molar-refractivity contribution in [1.29, 1.82) is 0 Å². The van der Waals surface area contributed by atoms with Crippen LogP contribution in [0.2, 0.25) is 0 Å². The number of hydrogen-bond acceptors (Lipinski definition) is 3. The third kappa shape index (κ3) is 17.2. The third-order valence-electron chi connectivity index (χ3n) is 23.9. The lowest BCUT2D eigenvalue weighted by molar-refractivity contribution is 1.28. The highest BCUT2D eigenvalue weighted by Crippen LogP contribution is 2.47. The SMILES string of the molecule is c1ccc(-c2cc(-c3ccc(N(c4ccccc4)c4ccccc4)cc3)cc3ccccc23)cc1.c1ccc(-c2ccc(N(c3ccc(-c4ccccc4)cc3)c3ccc(-c4cc(-c5ccccc5)c5ccccc5c4)cc3)cc2)cc1.c1ccc(-c2ccccc2N(c2ccc(-c3cc(-c4ccccc4)c4ccccc4c3)cc2)c2cccc3ccccc23)cc1. The quantitative estimate of drug-likeness (QED) is 0.0848. The number of para-hydroxylation sites is 3. The number of benzene rings is 22. The predicted molar refractivity (Wildman–Crippen MR) is 542 cm³/mol. The zero-order valence-corrected chi connectivity index (χ0v) is 70.2. The van der Waals surface area contributed by atoms with Gasteiger partial charge in [0.25, 0.3) is 0 Å². The van der Waals surface area contributed by atoms with Crippen molar-refractivity contribution in [3.8, 4) is 100 Å². The van der Waals surface area contributed by atoms with Crippen LogP contribution in [0.1, 0.15) is 0 Å². The van der Waals surface area contributed by atoms with E-state index in [-0.39, 0.29) is 0 Å². The van der Waals surface area contributed by atoms with E-state index in [4.69, 9.17) is 0 Å². The Morgan fingerprint density at radius 2 is 0.315 bits per heavy atom. The maximum absolute atomic E-state index is 2.41. The van der Waals surface area contributed by atoms with Gasteiger partial charge in [0.05, 0.1) is 11.4 Å². The van der Waals surface area contributed by atoms with Gasteiger partial charge in [-0.15, -0.1) is 0 Å². The molecule has 0 aromatic heterocycles. The summed E-state index contributed by atoms with van der Waals surface area (Å²) in [7, 11) is 0. The van der Waals surface area contributed by atoms with Crippen molar-refractivity contribution >= 4 is 94.3 Å². The molecule has 0 N–H and O–H groups in total. The van der Waals surface area contributed by atoms with Crippen molar-refractivity contribution < 1.29 is 0 Å². The van der Waals surface area contributed by atoms with Gasteiger partial charge in [0.1, 0.15) is 0 Å². The Balaban J connectivity index is 0.000000121. The first-order chi connectivity index (χ1) is 63.0. The minimum atomic E-state index is 1.11. The molecular weight excluding hydrogens is 1530 g/mol. The Kier molecular flexibility index (Phi) is 22.9. The standard InChI is InChI=1S/C46H33N.C44H31N.C34H25N/c1-4-12-34(13-5-1)36-20-26-42(27-21-36)47(43-28-22-37(23-29-43)35-14-6-2-7-15-35)44-30-24-38(25-31-44)41-32-40-18-10-11-19-45(40)46(33-41)39-16-8-3-9-17-39;1-3-14-33(15-4-1)40-23-11-12-24-43(40)45(44-25-13-20-34-18-7-10-22-41(34)44)38-28-26-32(27-29-38)37-30-36-19-8-9-21-39(36)42(31-37)35-16-5-2-6-17-35;1-4-12-27(13-5-1)34-25-29(24-28-14-10-11-19-33(28)34)26-20-22-32(23-21-26)35(30-15-6-2-7-16-30)31-17-8-3-9-18-31/h1-33H;1-31H;1-25H. The fourth-order valence-corrected chi connectivity index (χ4v) is 17.7. The van der Waals surface area contributed by atoms with Gasteiger partial charge in [-0.2, -0.15) is 0 Å². The van der Waals surface area contributed by atoms with Gasteiger partial charge in [-0.25, -0.2) is 0 Å². The van der Waals surface area contributed by atoms with Crippen molar-refractivity contribution in [2.24, 2.45) is 0 Å². The van der Waals surface area contributed by atoms with Gasteiger partial charge in [0, 0.05) is 50.8 Å². The minimum Gasteiger partial charge on any atom is -0.311 e. The van der Waals surface area contributed by atoms with Crippen LogP contribution in [0.5, 0.6) is 0 Å². The first kappa shape index (κ1) is 78.8. The first-order valence-electron chi connectivity index (χ1n) is 43.5. The van der Waals surface area contributed by atoms with E-state index < -0.39 is 0 Å². The summed E-state index contributed by atoms with van der Waals surface area (Å²) < 4.78 is 0. The zero-order chi connectivity index (χ0) is 84.9. The van der Waals surface area contributed by atoms with E-state index in [2.05, 4.69) is 555 Å². The second-order valence-electron chi connectivity index (χ2n) is 31.9. The zero-order valence-electron chi connectivity index (χ0n) is 70.2. The maximum Gasteiger partial charge on any atom is 0.0540 e. The van der Waals surface area contributed by atoms with Gasteiger partial charge in [-0.3, -0.25) is 0 Å². The van der Waals surface area contributed by atoms with E-state index in [0.717, 1.165) is 51.2 Å². The summed E-state index contributed by atoms with van der Waals surface area (Å²) in [5, 5.41) is 9.99. The molecule has 0 saturated heterocycles. The fourth-order valence-electron chi connectivity index (χ4n) is 17.7. The van der Waals surface area contributed by atoms with Crippen molar-refractivity contribution in [3.63, 3.8) is 0 Å². The Morgan fingerprint density at radius 1 is 0.102 bits per heavy atom. The van der Waals surface area contributed by atoms with Gasteiger partial charge in [0.15, 0.2) is 0 Å². The molecule has 0 amide bonds. The lowest BCUT2D eigenvalue weighted by Gasteiger charge is -2.29. The van der Waals surface area contributed by atoms with Gasteiger partial charge in [-0.05, 0) is 266 Å². The second kappa shape index (κ2) is 36.9. The molecule has 0 aliphatic heterocycles. The molecule has 0 unspecified atom stereocenters. The van der Waals surface area contributed by atoms with Crippen LogP contribution in [0.15, 0.2) is 540 Å². The number of fused-ring (bicyclic) bond motifs is 4. The minimum absolute atomic E-state index is 1.11. The lowest BCUT2D eigenvalue weighted by Crippen LogP contribution is -2.11. The molecule has 600 valence electrons. The summed E-state index contributed by atoms with van der Waals surface area (Å²) >= 11 is 0. The molecule has 0 fully saturated rings. The van der Waals surface area contributed by atoms with Crippen molar-refractivity contribution in [2.45, 2.75) is 0 Å². The van der Waals surface area contributed by atoms with Crippen molar-refractivity contribution in [2.75, 3.05) is 14.7 Å². The van der Waals surface area contributed by atoms with E-state index in [1.54, 1.807) is 0 Å². The van der Waals surface area contributed by atoms with E-state index in [0.29, 0.717) is 0 Å². The van der Waals surface area contributed by atoms with Crippen LogP contribution in [0.4, 0.5) is 51.2 Å². The average molecular weight is 1620 g/mol. The molecule has 127 heavy (non-hydrogen) atoms. The molecule has 0 saturated carbocycles. The maximum atomic E-state index is 2.41. The van der Waals surface area contributed by atoms with Crippen LogP contribution in [0.25, 0.3) is 143 Å². The van der Waals surface area contributed by atoms with Crippen LogP contribution < -0.4 is 14.7 Å². The molecule has 22 aromatic carbocycles. The third-order valence-corrected chi connectivity index (χ3v) is 23.9. The van der Waals surface area contributed by atoms with Crippen molar-refractivity contribution in [1.82, 2.24) is 0 Å². The highest BCUT2D eigenvalue weighted by atomic mass is 15.2. The van der Waals surface area contributed by atoms with Gasteiger partial charge < -0.3 is 14.7 Å². The molecular formula is C124H89N3. The smallest absolute Gasteiger partial charge is 0.0540 e. The first-order valence-corrected chi connectivity index (χ1v) is 43.5. The second-order valence-corrected chi connectivity index (χ2v) is 31.9. The number of nitrogens with zero attached hydrogens (tertiary/aromatic N) is 3. The Labute approximate surface area is 743 Å². The van der Waals surface area contributed by atoms with Crippen LogP contribution in [0, 0.1) is 0 Å². The normalized spacial score (nSPS) is 11.0.